The van der Waals surface area contributed by atoms with Crippen molar-refractivity contribution >= 4 is 34.5 Å². The fourth-order valence-corrected chi connectivity index (χ4v) is 3.83. The number of amides is 1. The number of carbonyl (C=O) groups excluding carboxylic acids is 1. The Hall–Kier alpha value is -3.36. The van der Waals surface area contributed by atoms with Gasteiger partial charge in [-0.3, -0.25) is 14.3 Å². The Bertz CT molecular complexity index is 1270. The van der Waals surface area contributed by atoms with Gasteiger partial charge in [-0.25, -0.2) is 4.79 Å². The van der Waals surface area contributed by atoms with E-state index in [2.05, 4.69) is 20.0 Å². The van der Waals surface area contributed by atoms with Crippen LogP contribution in [0.5, 0.6) is 5.75 Å². The normalized spacial score (nSPS) is 11.3. The van der Waals surface area contributed by atoms with Gasteiger partial charge in [0.15, 0.2) is 11.4 Å². The van der Waals surface area contributed by atoms with Crippen molar-refractivity contribution in [2.24, 2.45) is 0 Å². The number of nitrogens with zero attached hydrogens (tertiary/aromatic N) is 1. The van der Waals surface area contributed by atoms with Crippen LogP contribution in [0.15, 0.2) is 69.3 Å². The summed E-state index contributed by atoms with van der Waals surface area (Å²) in [7, 11) is 0. The summed E-state index contributed by atoms with van der Waals surface area (Å²) in [5.41, 5.74) is 1.37. The molecular weight excluding hydrogens is 438 g/mol. The molecule has 9 heteroatoms. The molecule has 7 nitrogen and oxygen atoms in total. The highest BCUT2D eigenvalue weighted by Crippen LogP contribution is 2.32. The summed E-state index contributed by atoms with van der Waals surface area (Å²) in [6.07, 6.45) is 0. The highest BCUT2D eigenvalue weighted by molar-refractivity contribution is 7.13. The number of halogens is 1. The molecule has 0 bridgehead atoms. The first kappa shape index (κ1) is 20.9. The second-order valence-electron chi connectivity index (χ2n) is 7.24. The lowest BCUT2D eigenvalue weighted by atomic mass is 10.1. The molecule has 4 aromatic rings. The Kier molecular flexibility index (Phi) is 5.67. The van der Waals surface area contributed by atoms with Crippen LogP contribution in [0.1, 0.15) is 13.8 Å². The summed E-state index contributed by atoms with van der Waals surface area (Å²) in [4.78, 5) is 27.3. The molecule has 2 N–H and O–H groups in total. The molecule has 1 amide bonds. The van der Waals surface area contributed by atoms with Crippen LogP contribution in [0.25, 0.3) is 21.8 Å². The van der Waals surface area contributed by atoms with Gasteiger partial charge < -0.3 is 10.1 Å². The third-order valence-corrected chi connectivity index (χ3v) is 5.65. The predicted molar refractivity (Wildman–Crippen MR) is 121 cm³/mol. The maximum atomic E-state index is 12.8. The summed E-state index contributed by atoms with van der Waals surface area (Å²) >= 11 is 7.33. The van der Waals surface area contributed by atoms with Gasteiger partial charge in [-0.2, -0.15) is 0 Å². The molecule has 0 fully saturated rings. The third-order valence-electron chi connectivity index (χ3n) is 4.46. The summed E-state index contributed by atoms with van der Waals surface area (Å²) < 4.78 is 10.4. The number of benzene rings is 2. The van der Waals surface area contributed by atoms with Crippen molar-refractivity contribution in [3.8, 4) is 27.6 Å². The summed E-state index contributed by atoms with van der Waals surface area (Å²) in [5.74, 6) is 0.0469. The molecule has 2 aromatic carbocycles. The highest BCUT2D eigenvalue weighted by Gasteiger charge is 2.30. The van der Waals surface area contributed by atoms with Crippen LogP contribution in [-0.2, 0) is 4.79 Å². The van der Waals surface area contributed by atoms with E-state index >= 15 is 0 Å². The number of anilines is 1. The smallest absolute Gasteiger partial charge is 0.439 e. The number of nitrogens with one attached hydrogen (secondary N) is 2. The molecule has 158 valence electrons. The zero-order valence-electron chi connectivity index (χ0n) is 16.6. The third kappa shape index (κ3) is 4.87. The quantitative estimate of drug-likeness (QED) is 0.416. The Balaban J connectivity index is 1.49. The zero-order chi connectivity index (χ0) is 22.0. The van der Waals surface area contributed by atoms with Crippen LogP contribution in [0.4, 0.5) is 5.69 Å². The molecule has 4 rings (SSSR count). The molecule has 0 saturated heterocycles. The van der Waals surface area contributed by atoms with Crippen LogP contribution in [-0.4, -0.2) is 21.6 Å². The average molecular weight is 456 g/mol. The zero-order valence-corrected chi connectivity index (χ0v) is 18.2. The lowest BCUT2D eigenvalue weighted by Crippen LogP contribution is -2.42. The van der Waals surface area contributed by atoms with Gasteiger partial charge in [0.05, 0.1) is 4.88 Å². The van der Waals surface area contributed by atoms with Crippen LogP contribution >= 0.6 is 22.9 Å². The topological polar surface area (TPSA) is 97.2 Å². The van der Waals surface area contributed by atoms with Crippen molar-refractivity contribution in [3.63, 3.8) is 0 Å². The standard InChI is InChI=1S/C22H18ClN3O4S/c1-22(2,29-17-8-6-15(23)7-9-17)20(27)24-16-5-3-4-13(10-16)14-11-18(31-12-14)19-25-21(28)30-26-19/h3-12H,1-2H3,(H,24,27)(H,25,26,28). The van der Waals surface area contributed by atoms with Crippen LogP contribution in [0, 0.1) is 0 Å². The maximum Gasteiger partial charge on any atom is 0.439 e. The first-order valence-electron chi connectivity index (χ1n) is 9.31. The Morgan fingerprint density at radius 3 is 2.65 bits per heavy atom. The molecule has 0 aliphatic carbocycles. The van der Waals surface area contributed by atoms with Crippen molar-refractivity contribution < 1.29 is 14.1 Å². The number of aromatic nitrogens is 2. The minimum absolute atomic E-state index is 0.286. The number of rotatable bonds is 6. The fourth-order valence-electron chi connectivity index (χ4n) is 2.85. The van der Waals surface area contributed by atoms with Crippen LogP contribution in [0.2, 0.25) is 5.02 Å². The minimum atomic E-state index is -1.10. The second-order valence-corrected chi connectivity index (χ2v) is 8.59. The first-order valence-corrected chi connectivity index (χ1v) is 10.6. The predicted octanol–water partition coefficient (Wildman–Crippen LogP) is 5.21. The van der Waals surface area contributed by atoms with E-state index in [4.69, 9.17) is 16.3 Å². The van der Waals surface area contributed by atoms with E-state index in [0.29, 0.717) is 22.3 Å². The van der Waals surface area contributed by atoms with Crippen LogP contribution < -0.4 is 15.8 Å². The minimum Gasteiger partial charge on any atom is -0.478 e. The number of ether oxygens (including phenoxy) is 1. The molecule has 2 heterocycles. The largest absolute Gasteiger partial charge is 0.478 e. The summed E-state index contributed by atoms with van der Waals surface area (Å²) in [6.45, 7) is 3.40. The molecule has 0 atom stereocenters. The Morgan fingerprint density at radius 1 is 1.16 bits per heavy atom. The molecule has 31 heavy (non-hydrogen) atoms. The number of thiophene rings is 1. The number of carbonyl (C=O) groups is 1. The van der Waals surface area contributed by atoms with E-state index < -0.39 is 11.4 Å². The molecule has 0 saturated carbocycles. The molecule has 0 radical (unpaired) electrons. The average Bonchev–Trinajstić information content (AvgIpc) is 3.39. The number of H-pyrrole nitrogens is 1. The van der Waals surface area contributed by atoms with Gasteiger partial charge in [-0.05, 0) is 72.8 Å². The van der Waals surface area contributed by atoms with Gasteiger partial charge in [-0.15, -0.1) is 11.3 Å². The lowest BCUT2D eigenvalue weighted by molar-refractivity contribution is -0.128. The van der Waals surface area contributed by atoms with E-state index in [1.54, 1.807) is 38.1 Å². The summed E-state index contributed by atoms with van der Waals surface area (Å²) in [5, 5.41) is 9.15. The van der Waals surface area contributed by atoms with Crippen molar-refractivity contribution in [1.29, 1.82) is 0 Å². The van der Waals surface area contributed by atoms with Gasteiger partial charge in [-0.1, -0.05) is 28.9 Å². The van der Waals surface area contributed by atoms with E-state index in [0.717, 1.165) is 16.0 Å². The number of hydrogen-bond donors (Lipinski definition) is 2. The lowest BCUT2D eigenvalue weighted by Gasteiger charge is -2.25. The number of hydrogen-bond acceptors (Lipinski definition) is 6. The van der Waals surface area contributed by atoms with Gasteiger partial charge in [0.25, 0.3) is 5.91 Å². The van der Waals surface area contributed by atoms with Crippen LogP contribution in [0.3, 0.4) is 0 Å². The monoisotopic (exact) mass is 455 g/mol. The van der Waals surface area contributed by atoms with Crippen molar-refractivity contribution in [3.05, 3.63) is 75.6 Å². The molecular formula is C22H18ClN3O4S. The van der Waals surface area contributed by atoms with Crippen molar-refractivity contribution in [1.82, 2.24) is 10.1 Å². The number of aromatic amines is 1. The van der Waals surface area contributed by atoms with Gasteiger partial charge in [0.2, 0.25) is 0 Å². The molecule has 2 aromatic heterocycles. The highest BCUT2D eigenvalue weighted by atomic mass is 35.5. The SMILES string of the molecule is CC(C)(Oc1ccc(Cl)cc1)C(=O)Nc1cccc(-c2csc(-c3noc(=O)[nH]3)c2)c1. The second kappa shape index (κ2) is 8.41. The Labute approximate surface area is 186 Å². The maximum absolute atomic E-state index is 12.8. The molecule has 0 aliphatic heterocycles. The van der Waals surface area contributed by atoms with E-state index in [-0.39, 0.29) is 5.91 Å². The molecule has 0 spiro atoms. The van der Waals surface area contributed by atoms with Crippen molar-refractivity contribution in [2.75, 3.05) is 5.32 Å². The first-order chi connectivity index (χ1) is 14.8. The molecule has 0 unspecified atom stereocenters. The summed E-state index contributed by atoms with van der Waals surface area (Å²) in [6, 6.07) is 16.2. The van der Waals surface area contributed by atoms with E-state index in [9.17, 15) is 9.59 Å². The fraction of sp³-hybridized carbons (Fsp3) is 0.136. The van der Waals surface area contributed by atoms with Gasteiger partial charge in [0.1, 0.15) is 5.75 Å². The Morgan fingerprint density at radius 2 is 1.94 bits per heavy atom. The van der Waals surface area contributed by atoms with E-state index in [1.165, 1.54) is 11.3 Å². The van der Waals surface area contributed by atoms with Crippen molar-refractivity contribution in [2.45, 2.75) is 19.4 Å². The molecule has 0 aliphatic rings. The van der Waals surface area contributed by atoms with E-state index in [1.807, 2.05) is 35.7 Å². The van der Waals surface area contributed by atoms with Gasteiger partial charge >= 0.3 is 5.76 Å². The van der Waals surface area contributed by atoms with Gasteiger partial charge in [0, 0.05) is 10.7 Å².